The minimum absolute atomic E-state index is 0.351. The van der Waals surface area contributed by atoms with Gasteiger partial charge in [0.05, 0.1) is 0 Å². The summed E-state index contributed by atoms with van der Waals surface area (Å²) < 4.78 is 0. The second-order valence-electron chi connectivity index (χ2n) is 5.70. The third-order valence-corrected chi connectivity index (χ3v) is 4.43. The zero-order valence-corrected chi connectivity index (χ0v) is 11.9. The van der Waals surface area contributed by atoms with Crippen LogP contribution in [0, 0.1) is 6.92 Å². The SMILES string of the molecule is Cc1cc(N2CCN(C3CNC3)CC2)ccc1C(N)=O. The van der Waals surface area contributed by atoms with Gasteiger partial charge in [0.1, 0.15) is 0 Å². The highest BCUT2D eigenvalue weighted by atomic mass is 16.1. The van der Waals surface area contributed by atoms with Gasteiger partial charge in [-0.25, -0.2) is 0 Å². The first-order valence-corrected chi connectivity index (χ1v) is 7.25. The summed E-state index contributed by atoms with van der Waals surface area (Å²) in [7, 11) is 0. The number of anilines is 1. The Labute approximate surface area is 119 Å². The molecule has 2 fully saturated rings. The molecule has 0 aliphatic carbocycles. The molecule has 1 amide bonds. The molecule has 0 radical (unpaired) electrons. The molecule has 108 valence electrons. The minimum atomic E-state index is -0.351. The van der Waals surface area contributed by atoms with Gasteiger partial charge in [-0.15, -0.1) is 0 Å². The maximum atomic E-state index is 11.3. The van der Waals surface area contributed by atoms with E-state index in [1.165, 1.54) is 5.69 Å². The smallest absolute Gasteiger partial charge is 0.248 e. The third-order valence-electron chi connectivity index (χ3n) is 4.43. The number of nitrogens with one attached hydrogen (secondary N) is 1. The van der Waals surface area contributed by atoms with Crippen LogP contribution in [-0.4, -0.2) is 56.1 Å². The molecule has 20 heavy (non-hydrogen) atoms. The third kappa shape index (κ3) is 2.51. The van der Waals surface area contributed by atoms with Gasteiger partial charge in [0.2, 0.25) is 5.91 Å². The standard InChI is InChI=1S/C15H22N4O/c1-11-8-12(2-3-14(11)15(16)20)18-4-6-19(7-5-18)13-9-17-10-13/h2-3,8,13,17H,4-7,9-10H2,1H3,(H2,16,20). The Balaban J connectivity index is 1.65. The topological polar surface area (TPSA) is 61.6 Å². The zero-order valence-electron chi connectivity index (χ0n) is 11.9. The van der Waals surface area contributed by atoms with Crippen molar-refractivity contribution < 1.29 is 4.79 Å². The lowest BCUT2D eigenvalue weighted by atomic mass is 10.1. The van der Waals surface area contributed by atoms with E-state index in [4.69, 9.17) is 5.73 Å². The first-order chi connectivity index (χ1) is 9.65. The van der Waals surface area contributed by atoms with Crippen LogP contribution in [0.25, 0.3) is 0 Å². The van der Waals surface area contributed by atoms with E-state index >= 15 is 0 Å². The van der Waals surface area contributed by atoms with Crippen molar-refractivity contribution >= 4 is 11.6 Å². The molecule has 5 nitrogen and oxygen atoms in total. The first-order valence-electron chi connectivity index (χ1n) is 7.25. The molecule has 2 heterocycles. The maximum absolute atomic E-state index is 11.3. The molecule has 0 atom stereocenters. The molecule has 1 aromatic rings. The lowest BCUT2D eigenvalue weighted by molar-refractivity contribution is 0.0999. The number of aryl methyl sites for hydroxylation is 1. The summed E-state index contributed by atoms with van der Waals surface area (Å²) in [6.45, 7) is 8.53. The number of nitrogens with zero attached hydrogens (tertiary/aromatic N) is 2. The Morgan fingerprint density at radius 2 is 1.95 bits per heavy atom. The van der Waals surface area contributed by atoms with Gasteiger partial charge in [0.15, 0.2) is 0 Å². The number of hydrogen-bond donors (Lipinski definition) is 2. The molecule has 5 heteroatoms. The highest BCUT2D eigenvalue weighted by Crippen LogP contribution is 2.21. The van der Waals surface area contributed by atoms with Crippen LogP contribution in [0.5, 0.6) is 0 Å². The van der Waals surface area contributed by atoms with Gasteiger partial charge in [-0.1, -0.05) is 0 Å². The van der Waals surface area contributed by atoms with Crippen LogP contribution in [0.4, 0.5) is 5.69 Å². The molecule has 2 saturated heterocycles. The van der Waals surface area contributed by atoms with Crippen molar-refractivity contribution in [3.8, 4) is 0 Å². The molecule has 0 aromatic heterocycles. The van der Waals surface area contributed by atoms with Crippen molar-refractivity contribution in [1.29, 1.82) is 0 Å². The van der Waals surface area contributed by atoms with Crippen LogP contribution < -0.4 is 16.0 Å². The number of amides is 1. The van der Waals surface area contributed by atoms with Crippen LogP contribution in [0.3, 0.4) is 0 Å². The quantitative estimate of drug-likeness (QED) is 0.826. The van der Waals surface area contributed by atoms with E-state index in [9.17, 15) is 4.79 Å². The number of carbonyl (C=O) groups excluding carboxylic acids is 1. The number of rotatable bonds is 3. The highest BCUT2D eigenvalue weighted by Gasteiger charge is 2.27. The molecule has 0 saturated carbocycles. The fraction of sp³-hybridized carbons (Fsp3) is 0.533. The van der Waals surface area contributed by atoms with Crippen molar-refractivity contribution in [2.45, 2.75) is 13.0 Å². The molecular weight excluding hydrogens is 252 g/mol. The predicted octanol–water partition coefficient (Wildman–Crippen LogP) is 0.188. The average molecular weight is 274 g/mol. The number of piperazine rings is 1. The molecular formula is C15H22N4O. The van der Waals surface area contributed by atoms with E-state index in [-0.39, 0.29) is 5.91 Å². The van der Waals surface area contributed by atoms with E-state index in [0.29, 0.717) is 5.56 Å². The van der Waals surface area contributed by atoms with Crippen LogP contribution in [0.15, 0.2) is 18.2 Å². The van der Waals surface area contributed by atoms with Crippen LogP contribution in [-0.2, 0) is 0 Å². The fourth-order valence-corrected chi connectivity index (χ4v) is 3.00. The minimum Gasteiger partial charge on any atom is -0.369 e. The van der Waals surface area contributed by atoms with Gasteiger partial charge < -0.3 is 16.0 Å². The average Bonchev–Trinajstić information content (AvgIpc) is 2.37. The van der Waals surface area contributed by atoms with Crippen LogP contribution in [0.1, 0.15) is 15.9 Å². The lowest BCUT2D eigenvalue weighted by Gasteiger charge is -2.44. The number of primary amides is 1. The van der Waals surface area contributed by atoms with Gasteiger partial charge >= 0.3 is 0 Å². The summed E-state index contributed by atoms with van der Waals surface area (Å²) in [5.74, 6) is -0.351. The monoisotopic (exact) mass is 274 g/mol. The van der Waals surface area contributed by atoms with Crippen molar-refractivity contribution in [3.05, 3.63) is 29.3 Å². The number of nitrogens with two attached hydrogens (primary N) is 1. The molecule has 3 rings (SSSR count). The predicted molar refractivity (Wildman–Crippen MR) is 80.1 cm³/mol. The van der Waals surface area contributed by atoms with Gasteiger partial charge in [0, 0.05) is 56.6 Å². The van der Waals surface area contributed by atoms with E-state index < -0.39 is 0 Å². The first kappa shape index (κ1) is 13.4. The van der Waals surface area contributed by atoms with E-state index in [2.05, 4.69) is 21.2 Å². The van der Waals surface area contributed by atoms with Crippen molar-refractivity contribution in [3.63, 3.8) is 0 Å². The van der Waals surface area contributed by atoms with Gasteiger partial charge in [-0.2, -0.15) is 0 Å². The van der Waals surface area contributed by atoms with E-state index in [0.717, 1.165) is 50.9 Å². The molecule has 3 N–H and O–H groups in total. The Hall–Kier alpha value is -1.59. The van der Waals surface area contributed by atoms with Crippen molar-refractivity contribution in [1.82, 2.24) is 10.2 Å². The second kappa shape index (κ2) is 5.42. The summed E-state index contributed by atoms with van der Waals surface area (Å²) in [6, 6.07) is 6.65. The fourth-order valence-electron chi connectivity index (χ4n) is 3.00. The molecule has 2 aliphatic rings. The second-order valence-corrected chi connectivity index (χ2v) is 5.70. The summed E-state index contributed by atoms with van der Waals surface area (Å²) in [5.41, 5.74) is 8.12. The molecule has 0 spiro atoms. The summed E-state index contributed by atoms with van der Waals surface area (Å²) in [5, 5.41) is 3.33. The van der Waals surface area contributed by atoms with E-state index in [1.54, 1.807) is 0 Å². The number of benzene rings is 1. The largest absolute Gasteiger partial charge is 0.369 e. The van der Waals surface area contributed by atoms with Crippen molar-refractivity contribution in [2.24, 2.45) is 5.73 Å². The molecule has 1 aromatic carbocycles. The molecule has 2 aliphatic heterocycles. The van der Waals surface area contributed by atoms with Gasteiger partial charge in [-0.05, 0) is 30.7 Å². The summed E-state index contributed by atoms with van der Waals surface area (Å²) in [4.78, 5) is 16.2. The highest BCUT2D eigenvalue weighted by molar-refractivity contribution is 5.94. The zero-order chi connectivity index (χ0) is 14.1. The van der Waals surface area contributed by atoms with Gasteiger partial charge in [-0.3, -0.25) is 9.69 Å². The normalized spacial score (nSPS) is 20.8. The van der Waals surface area contributed by atoms with Crippen LogP contribution >= 0.6 is 0 Å². The summed E-state index contributed by atoms with van der Waals surface area (Å²) in [6.07, 6.45) is 0. The van der Waals surface area contributed by atoms with E-state index in [1.807, 2.05) is 19.1 Å². The maximum Gasteiger partial charge on any atom is 0.248 e. The summed E-state index contributed by atoms with van der Waals surface area (Å²) >= 11 is 0. The Morgan fingerprint density at radius 1 is 1.25 bits per heavy atom. The Kier molecular flexibility index (Phi) is 3.63. The Bertz CT molecular complexity index is 505. The van der Waals surface area contributed by atoms with Crippen molar-refractivity contribution in [2.75, 3.05) is 44.2 Å². The number of carbonyl (C=O) groups is 1. The lowest BCUT2D eigenvalue weighted by Crippen LogP contribution is -2.61. The van der Waals surface area contributed by atoms with Crippen LogP contribution in [0.2, 0.25) is 0 Å². The molecule has 0 unspecified atom stereocenters. The number of hydrogen-bond acceptors (Lipinski definition) is 4. The molecule has 0 bridgehead atoms. The Morgan fingerprint density at radius 3 is 2.45 bits per heavy atom. The van der Waals surface area contributed by atoms with Gasteiger partial charge in [0.25, 0.3) is 0 Å².